The SMILES string of the molecule is CCC[C@H](NC(=O)[C@@H]1C[C@]2(CC(c3cccc(Cl)c3)=NO2)CN1C(=O)[C@@H](NC(=O)OCc1cc(F)ccc1F)C(C)(C)C)C(=O)C(=O)NC1CC1. The maximum Gasteiger partial charge on any atom is 0.408 e. The van der Waals surface area contributed by atoms with Gasteiger partial charge in [-0.1, -0.05) is 63.0 Å². The summed E-state index contributed by atoms with van der Waals surface area (Å²) >= 11 is 6.21. The van der Waals surface area contributed by atoms with E-state index in [0.717, 1.165) is 31.0 Å². The molecule has 3 N–H and O–H groups in total. The molecule has 2 heterocycles. The lowest BCUT2D eigenvalue weighted by atomic mass is 9.85. The van der Waals surface area contributed by atoms with E-state index in [2.05, 4.69) is 21.1 Å². The van der Waals surface area contributed by atoms with Crippen LogP contribution in [0.3, 0.4) is 0 Å². The number of benzene rings is 2. The predicted octanol–water partition coefficient (Wildman–Crippen LogP) is 4.56. The lowest BCUT2D eigenvalue weighted by Gasteiger charge is -2.35. The standard InChI is InChI=1S/C36H42ClF2N5O7/c1-5-7-26(29(45)32(47)40-24-11-12-24)41-31(46)28-17-36(16-27(43-51-36)20-8-6-9-22(37)14-20)19-44(28)33(48)30(35(2,3)4)42-34(49)50-18-21-15-23(38)10-13-25(21)39/h6,8-10,13-15,24,26,28,30H,5,7,11-12,16-19H2,1-4H3,(H,40,47)(H,41,46)(H,42,49)/t26-,28-,30+,36+/m0/s1. The predicted molar refractivity (Wildman–Crippen MR) is 182 cm³/mol. The van der Waals surface area contributed by atoms with Gasteiger partial charge in [0.2, 0.25) is 17.6 Å². The van der Waals surface area contributed by atoms with Crippen molar-refractivity contribution in [2.24, 2.45) is 10.6 Å². The van der Waals surface area contributed by atoms with Crippen LogP contribution < -0.4 is 16.0 Å². The molecule has 1 aliphatic carbocycles. The van der Waals surface area contributed by atoms with Crippen LogP contribution in [0.25, 0.3) is 0 Å². The number of likely N-dealkylation sites (tertiary alicyclic amines) is 1. The van der Waals surface area contributed by atoms with Crippen molar-refractivity contribution in [3.8, 4) is 0 Å². The van der Waals surface area contributed by atoms with Gasteiger partial charge in [0, 0.05) is 35.0 Å². The number of nitrogens with zero attached hydrogens (tertiary/aromatic N) is 2. The zero-order chi connectivity index (χ0) is 37.1. The van der Waals surface area contributed by atoms with Crippen LogP contribution in [0.1, 0.15) is 77.3 Å². The number of Topliss-reactive ketones (excluding diaryl/α,β-unsaturated/α-hetero) is 1. The van der Waals surface area contributed by atoms with Crippen molar-refractivity contribution in [3.63, 3.8) is 0 Å². The number of carbonyl (C=O) groups is 5. The summed E-state index contributed by atoms with van der Waals surface area (Å²) in [4.78, 5) is 74.6. The summed E-state index contributed by atoms with van der Waals surface area (Å²) in [6.45, 7) is 6.20. The highest BCUT2D eigenvalue weighted by Crippen LogP contribution is 2.40. The van der Waals surface area contributed by atoms with Crippen LogP contribution in [0.15, 0.2) is 47.6 Å². The van der Waals surface area contributed by atoms with E-state index in [0.29, 0.717) is 22.7 Å². The van der Waals surface area contributed by atoms with Crippen molar-refractivity contribution < 1.29 is 42.3 Å². The molecule has 1 saturated carbocycles. The maximum atomic E-state index is 14.5. The highest BCUT2D eigenvalue weighted by molar-refractivity contribution is 6.38. The molecule has 2 aromatic carbocycles. The Morgan fingerprint density at radius 1 is 1.10 bits per heavy atom. The first-order valence-corrected chi connectivity index (χ1v) is 17.3. The van der Waals surface area contributed by atoms with Gasteiger partial charge in [0.05, 0.1) is 18.3 Å². The molecule has 0 bridgehead atoms. The highest BCUT2D eigenvalue weighted by atomic mass is 35.5. The quantitative estimate of drug-likeness (QED) is 0.271. The van der Waals surface area contributed by atoms with Crippen molar-refractivity contribution in [3.05, 3.63) is 70.2 Å². The molecule has 5 rings (SSSR count). The van der Waals surface area contributed by atoms with Gasteiger partial charge in [-0.05, 0) is 55.0 Å². The number of halogens is 3. The third-order valence-corrected chi connectivity index (χ3v) is 9.31. The summed E-state index contributed by atoms with van der Waals surface area (Å²) in [5, 5.41) is 12.7. The van der Waals surface area contributed by atoms with Gasteiger partial charge in [-0.3, -0.25) is 19.2 Å². The van der Waals surface area contributed by atoms with Gasteiger partial charge in [-0.25, -0.2) is 13.6 Å². The highest BCUT2D eigenvalue weighted by Gasteiger charge is 2.55. The number of ketones is 1. The topological polar surface area (TPSA) is 156 Å². The number of carbonyl (C=O) groups excluding carboxylic acids is 5. The number of rotatable bonds is 12. The van der Waals surface area contributed by atoms with E-state index in [1.54, 1.807) is 39.0 Å². The Bertz CT molecular complexity index is 1730. The zero-order valence-electron chi connectivity index (χ0n) is 28.9. The van der Waals surface area contributed by atoms with Gasteiger partial charge < -0.3 is 30.4 Å². The van der Waals surface area contributed by atoms with Crippen molar-refractivity contribution in [2.75, 3.05) is 6.54 Å². The Morgan fingerprint density at radius 2 is 1.84 bits per heavy atom. The first-order chi connectivity index (χ1) is 24.1. The Hall–Kier alpha value is -4.59. The fraction of sp³-hybridized carbons (Fsp3) is 0.500. The van der Waals surface area contributed by atoms with E-state index in [1.165, 1.54) is 4.90 Å². The van der Waals surface area contributed by atoms with Crippen LogP contribution >= 0.6 is 11.6 Å². The third kappa shape index (κ3) is 9.21. The number of alkyl carbamates (subject to hydrolysis) is 1. The van der Waals surface area contributed by atoms with E-state index >= 15 is 0 Å². The molecule has 51 heavy (non-hydrogen) atoms. The lowest BCUT2D eigenvalue weighted by Crippen LogP contribution is -2.59. The van der Waals surface area contributed by atoms with Crippen molar-refractivity contribution in [2.45, 2.75) is 103 Å². The van der Waals surface area contributed by atoms with E-state index < -0.39 is 77.0 Å². The van der Waals surface area contributed by atoms with Crippen LogP contribution in [-0.4, -0.2) is 76.5 Å². The Morgan fingerprint density at radius 3 is 2.51 bits per heavy atom. The maximum absolute atomic E-state index is 14.5. The summed E-state index contributed by atoms with van der Waals surface area (Å²) in [7, 11) is 0. The lowest BCUT2D eigenvalue weighted by molar-refractivity contribution is -0.144. The van der Waals surface area contributed by atoms with E-state index in [1.807, 2.05) is 13.0 Å². The third-order valence-electron chi connectivity index (χ3n) is 9.07. The molecule has 0 unspecified atom stereocenters. The van der Waals surface area contributed by atoms with Crippen LogP contribution in [0.5, 0.6) is 0 Å². The van der Waals surface area contributed by atoms with E-state index in [9.17, 15) is 32.8 Å². The molecular formula is C36H42ClF2N5O7. The molecule has 1 saturated heterocycles. The number of hydrogen-bond acceptors (Lipinski definition) is 8. The van der Waals surface area contributed by atoms with Gasteiger partial charge in [-0.15, -0.1) is 0 Å². The minimum atomic E-state index is -1.26. The summed E-state index contributed by atoms with van der Waals surface area (Å²) < 4.78 is 33.0. The van der Waals surface area contributed by atoms with Crippen molar-refractivity contribution >= 4 is 46.9 Å². The number of amides is 4. The first-order valence-electron chi connectivity index (χ1n) is 16.9. The van der Waals surface area contributed by atoms with Crippen LogP contribution in [-0.2, 0) is 35.4 Å². The molecule has 3 aliphatic rings. The number of nitrogens with one attached hydrogen (secondary N) is 3. The van der Waals surface area contributed by atoms with Gasteiger partial charge in [0.25, 0.3) is 5.91 Å². The monoisotopic (exact) mass is 729 g/mol. The van der Waals surface area contributed by atoms with Gasteiger partial charge in [0.15, 0.2) is 5.60 Å². The molecule has 12 nitrogen and oxygen atoms in total. The van der Waals surface area contributed by atoms with Gasteiger partial charge >= 0.3 is 6.09 Å². The molecular weight excluding hydrogens is 688 g/mol. The smallest absolute Gasteiger partial charge is 0.408 e. The number of oxime groups is 1. The Labute approximate surface area is 299 Å². The fourth-order valence-electron chi connectivity index (χ4n) is 6.19. The molecule has 0 radical (unpaired) electrons. The summed E-state index contributed by atoms with van der Waals surface area (Å²) in [5.74, 6) is -4.38. The second-order valence-corrected chi connectivity index (χ2v) is 14.8. The average molecular weight is 730 g/mol. The molecule has 4 amide bonds. The van der Waals surface area contributed by atoms with E-state index in [4.69, 9.17) is 21.2 Å². The molecule has 0 aromatic heterocycles. The minimum absolute atomic E-state index is 0.0143. The van der Waals surface area contributed by atoms with Crippen LogP contribution in [0.2, 0.25) is 5.02 Å². The number of hydrogen-bond donors (Lipinski definition) is 3. The van der Waals surface area contributed by atoms with Gasteiger partial charge in [-0.2, -0.15) is 0 Å². The Kier molecular flexibility index (Phi) is 11.3. The first kappa shape index (κ1) is 37.7. The van der Waals surface area contributed by atoms with Gasteiger partial charge in [0.1, 0.15) is 30.3 Å². The number of ether oxygens (including phenoxy) is 1. The van der Waals surface area contributed by atoms with Crippen LogP contribution in [0, 0.1) is 17.0 Å². The summed E-state index contributed by atoms with van der Waals surface area (Å²) in [6, 6.07) is 6.11. The molecule has 274 valence electrons. The minimum Gasteiger partial charge on any atom is -0.445 e. The summed E-state index contributed by atoms with van der Waals surface area (Å²) in [5.41, 5.74) is -1.01. The molecule has 15 heteroatoms. The van der Waals surface area contributed by atoms with Crippen molar-refractivity contribution in [1.82, 2.24) is 20.9 Å². The second kappa shape index (κ2) is 15.3. The normalized spacial score (nSPS) is 21.0. The molecule has 4 atom stereocenters. The average Bonchev–Trinajstić information content (AvgIpc) is 3.67. The summed E-state index contributed by atoms with van der Waals surface area (Å²) in [6.07, 6.45) is 1.38. The fourth-order valence-corrected chi connectivity index (χ4v) is 6.38. The molecule has 1 spiro atoms. The largest absolute Gasteiger partial charge is 0.445 e. The van der Waals surface area contributed by atoms with E-state index in [-0.39, 0.29) is 37.4 Å². The molecule has 2 fully saturated rings. The second-order valence-electron chi connectivity index (χ2n) is 14.4. The molecule has 2 aliphatic heterocycles. The van der Waals surface area contributed by atoms with Crippen molar-refractivity contribution in [1.29, 1.82) is 0 Å². The Balaban J connectivity index is 1.38. The van der Waals surface area contributed by atoms with Crippen LogP contribution in [0.4, 0.5) is 13.6 Å². The zero-order valence-corrected chi connectivity index (χ0v) is 29.6. The molecule has 2 aromatic rings.